The van der Waals surface area contributed by atoms with Crippen LogP contribution in [0.4, 0.5) is 10.1 Å². The highest BCUT2D eigenvalue weighted by Gasteiger charge is 2.21. The van der Waals surface area contributed by atoms with Gasteiger partial charge in [-0.25, -0.2) is 17.5 Å². The molecule has 20 heavy (non-hydrogen) atoms. The highest BCUT2D eigenvalue weighted by Crippen LogP contribution is 2.25. The fourth-order valence-electron chi connectivity index (χ4n) is 2.17. The first kappa shape index (κ1) is 15.3. The molecule has 0 heterocycles. The zero-order valence-electron chi connectivity index (χ0n) is 10.8. The lowest BCUT2D eigenvalue weighted by Gasteiger charge is -2.10. The standard InChI is InChI=1S/C13H16ClFN2O2S/c14-10-7-11(16)13(15)12(8-10)20(18,19)17-6-5-9-3-1-2-4-9/h3,7-8,17H,1-2,4-6,16H2. The number of allylic oxidation sites excluding steroid dienone is 1. The van der Waals surface area contributed by atoms with Crippen LogP contribution in [0.15, 0.2) is 28.7 Å². The molecule has 7 heteroatoms. The van der Waals surface area contributed by atoms with E-state index in [-0.39, 0.29) is 17.3 Å². The fourth-order valence-corrected chi connectivity index (χ4v) is 3.62. The third-order valence-corrected chi connectivity index (χ3v) is 4.87. The number of hydrogen-bond donors (Lipinski definition) is 2. The molecule has 0 bridgehead atoms. The van der Waals surface area contributed by atoms with E-state index in [4.69, 9.17) is 17.3 Å². The molecule has 0 saturated carbocycles. The van der Waals surface area contributed by atoms with Crippen molar-refractivity contribution < 1.29 is 12.8 Å². The third kappa shape index (κ3) is 3.50. The van der Waals surface area contributed by atoms with Crippen molar-refractivity contribution in [2.45, 2.75) is 30.6 Å². The molecule has 1 aromatic carbocycles. The Labute approximate surface area is 122 Å². The van der Waals surface area contributed by atoms with Crippen LogP contribution in [0, 0.1) is 5.82 Å². The Morgan fingerprint density at radius 2 is 2.15 bits per heavy atom. The van der Waals surface area contributed by atoms with Gasteiger partial charge in [0.1, 0.15) is 4.90 Å². The summed E-state index contributed by atoms with van der Waals surface area (Å²) in [6.45, 7) is 0.236. The number of nitrogen functional groups attached to an aromatic ring is 1. The SMILES string of the molecule is Nc1cc(Cl)cc(S(=O)(=O)NCCC2=CCCC2)c1F. The second-order valence-corrected chi connectivity index (χ2v) is 6.88. The lowest BCUT2D eigenvalue weighted by atomic mass is 10.2. The summed E-state index contributed by atoms with van der Waals surface area (Å²) in [7, 11) is -3.94. The Morgan fingerprint density at radius 3 is 2.80 bits per heavy atom. The van der Waals surface area contributed by atoms with Gasteiger partial charge in [-0.2, -0.15) is 0 Å². The van der Waals surface area contributed by atoms with Crippen LogP contribution in [-0.4, -0.2) is 15.0 Å². The highest BCUT2D eigenvalue weighted by atomic mass is 35.5. The van der Waals surface area contributed by atoms with Crippen molar-refractivity contribution >= 4 is 27.3 Å². The Kier molecular flexibility index (Phi) is 4.67. The molecule has 0 fully saturated rings. The Balaban J connectivity index is 2.10. The first-order valence-corrected chi connectivity index (χ1v) is 8.18. The van der Waals surface area contributed by atoms with Crippen molar-refractivity contribution in [2.24, 2.45) is 0 Å². The molecule has 0 spiro atoms. The van der Waals surface area contributed by atoms with E-state index < -0.39 is 20.7 Å². The minimum absolute atomic E-state index is 0.0859. The van der Waals surface area contributed by atoms with Crippen LogP contribution in [0.3, 0.4) is 0 Å². The van der Waals surface area contributed by atoms with E-state index in [2.05, 4.69) is 10.8 Å². The maximum atomic E-state index is 13.8. The minimum atomic E-state index is -3.94. The van der Waals surface area contributed by atoms with Crippen LogP contribution >= 0.6 is 11.6 Å². The van der Waals surface area contributed by atoms with Crippen LogP contribution in [-0.2, 0) is 10.0 Å². The largest absolute Gasteiger partial charge is 0.396 e. The molecule has 2 rings (SSSR count). The lowest BCUT2D eigenvalue weighted by Crippen LogP contribution is -2.26. The number of halogens is 2. The van der Waals surface area contributed by atoms with E-state index >= 15 is 0 Å². The molecule has 0 saturated heterocycles. The number of benzene rings is 1. The van der Waals surface area contributed by atoms with Gasteiger partial charge in [0.05, 0.1) is 5.69 Å². The molecular formula is C13H16ClFN2O2S. The van der Waals surface area contributed by atoms with Gasteiger partial charge in [-0.05, 0) is 37.8 Å². The second-order valence-electron chi connectivity index (χ2n) is 4.71. The van der Waals surface area contributed by atoms with E-state index in [9.17, 15) is 12.8 Å². The summed E-state index contributed by atoms with van der Waals surface area (Å²) < 4.78 is 40.3. The smallest absolute Gasteiger partial charge is 0.243 e. The van der Waals surface area contributed by atoms with Crippen molar-refractivity contribution in [3.05, 3.63) is 34.6 Å². The summed E-state index contributed by atoms with van der Waals surface area (Å²) in [6.07, 6.45) is 5.91. The quantitative estimate of drug-likeness (QED) is 0.647. The van der Waals surface area contributed by atoms with Crippen LogP contribution in [0.25, 0.3) is 0 Å². The number of nitrogens with one attached hydrogen (secondary N) is 1. The van der Waals surface area contributed by atoms with E-state index in [0.29, 0.717) is 6.42 Å². The Bertz CT molecular complexity index is 644. The minimum Gasteiger partial charge on any atom is -0.396 e. The predicted molar refractivity (Wildman–Crippen MR) is 77.6 cm³/mol. The molecule has 1 aromatic rings. The number of hydrogen-bond acceptors (Lipinski definition) is 3. The molecule has 110 valence electrons. The first-order valence-electron chi connectivity index (χ1n) is 6.32. The van der Waals surface area contributed by atoms with Crippen LogP contribution in [0.1, 0.15) is 25.7 Å². The normalized spacial score (nSPS) is 15.4. The van der Waals surface area contributed by atoms with Gasteiger partial charge in [0.15, 0.2) is 5.82 Å². The molecule has 0 aromatic heterocycles. The molecule has 0 amide bonds. The van der Waals surface area contributed by atoms with E-state index in [1.165, 1.54) is 11.6 Å². The number of nitrogens with two attached hydrogens (primary N) is 1. The van der Waals surface area contributed by atoms with Gasteiger partial charge in [-0.3, -0.25) is 0 Å². The van der Waals surface area contributed by atoms with Crippen molar-refractivity contribution in [3.63, 3.8) is 0 Å². The van der Waals surface area contributed by atoms with E-state index in [1.807, 2.05) is 0 Å². The van der Waals surface area contributed by atoms with Crippen LogP contribution < -0.4 is 10.5 Å². The Hall–Kier alpha value is -1.11. The molecular weight excluding hydrogens is 303 g/mol. The van der Waals surface area contributed by atoms with Gasteiger partial charge in [-0.15, -0.1) is 0 Å². The van der Waals surface area contributed by atoms with Crippen molar-refractivity contribution in [3.8, 4) is 0 Å². The summed E-state index contributed by atoms with van der Waals surface area (Å²) in [5.41, 5.74) is 6.34. The highest BCUT2D eigenvalue weighted by molar-refractivity contribution is 7.89. The molecule has 0 aliphatic heterocycles. The summed E-state index contributed by atoms with van der Waals surface area (Å²) in [5, 5.41) is 0.0859. The predicted octanol–water partition coefficient (Wildman–Crippen LogP) is 2.84. The van der Waals surface area contributed by atoms with Gasteiger partial charge >= 0.3 is 0 Å². The molecule has 0 atom stereocenters. The lowest BCUT2D eigenvalue weighted by molar-refractivity contribution is 0.558. The van der Waals surface area contributed by atoms with Crippen molar-refractivity contribution in [1.82, 2.24) is 4.72 Å². The number of anilines is 1. The maximum Gasteiger partial charge on any atom is 0.243 e. The van der Waals surface area contributed by atoms with Gasteiger partial charge in [0.25, 0.3) is 0 Å². The molecule has 1 aliphatic carbocycles. The Morgan fingerprint density at radius 1 is 1.40 bits per heavy atom. The summed E-state index contributed by atoms with van der Waals surface area (Å²) in [6, 6.07) is 2.24. The average molecular weight is 319 g/mol. The van der Waals surface area contributed by atoms with Crippen molar-refractivity contribution in [2.75, 3.05) is 12.3 Å². The molecule has 3 N–H and O–H groups in total. The zero-order valence-corrected chi connectivity index (χ0v) is 12.4. The molecule has 0 radical (unpaired) electrons. The van der Waals surface area contributed by atoms with Gasteiger partial charge in [0, 0.05) is 11.6 Å². The summed E-state index contributed by atoms with van der Waals surface area (Å²) >= 11 is 5.72. The molecule has 4 nitrogen and oxygen atoms in total. The van der Waals surface area contributed by atoms with Crippen LogP contribution in [0.5, 0.6) is 0 Å². The monoisotopic (exact) mass is 318 g/mol. The molecule has 1 aliphatic rings. The summed E-state index contributed by atoms with van der Waals surface area (Å²) in [4.78, 5) is -0.511. The van der Waals surface area contributed by atoms with E-state index in [0.717, 1.165) is 25.3 Å². The van der Waals surface area contributed by atoms with Gasteiger partial charge < -0.3 is 5.73 Å². The maximum absolute atomic E-state index is 13.8. The fraction of sp³-hybridized carbons (Fsp3) is 0.385. The second kappa shape index (κ2) is 6.11. The van der Waals surface area contributed by atoms with Crippen LogP contribution in [0.2, 0.25) is 5.02 Å². The molecule has 0 unspecified atom stereocenters. The zero-order chi connectivity index (χ0) is 14.8. The van der Waals surface area contributed by atoms with Crippen molar-refractivity contribution in [1.29, 1.82) is 0 Å². The van der Waals surface area contributed by atoms with Gasteiger partial charge in [-0.1, -0.05) is 23.3 Å². The third-order valence-electron chi connectivity index (χ3n) is 3.19. The first-order chi connectivity index (χ1) is 9.40. The van der Waals surface area contributed by atoms with E-state index in [1.54, 1.807) is 0 Å². The van der Waals surface area contributed by atoms with Gasteiger partial charge in [0.2, 0.25) is 10.0 Å². The number of sulfonamides is 1. The summed E-state index contributed by atoms with van der Waals surface area (Å²) in [5.74, 6) is -0.970. The number of rotatable bonds is 5. The topological polar surface area (TPSA) is 72.2 Å². The average Bonchev–Trinajstić information content (AvgIpc) is 2.86.